The smallest absolute Gasteiger partial charge is 0.119 e. The van der Waals surface area contributed by atoms with Crippen molar-refractivity contribution in [1.82, 2.24) is 5.32 Å². The summed E-state index contributed by atoms with van der Waals surface area (Å²) in [6, 6.07) is 17.3. The van der Waals surface area contributed by atoms with Gasteiger partial charge in [-0.25, -0.2) is 0 Å². The van der Waals surface area contributed by atoms with E-state index in [9.17, 15) is 0 Å². The van der Waals surface area contributed by atoms with Gasteiger partial charge in [0.1, 0.15) is 12.4 Å². The third-order valence-electron chi connectivity index (χ3n) is 4.95. The molecule has 1 aliphatic heterocycles. The first-order chi connectivity index (χ1) is 12.2. The Morgan fingerprint density at radius 3 is 2.68 bits per heavy atom. The van der Waals surface area contributed by atoms with Gasteiger partial charge in [-0.3, -0.25) is 0 Å². The molecule has 0 amide bonds. The van der Waals surface area contributed by atoms with Crippen LogP contribution in [0.15, 0.2) is 48.5 Å². The Kier molecular flexibility index (Phi) is 6.48. The second-order valence-corrected chi connectivity index (χ2v) is 6.87. The van der Waals surface area contributed by atoms with Crippen molar-refractivity contribution in [3.63, 3.8) is 0 Å². The van der Waals surface area contributed by atoms with Crippen molar-refractivity contribution in [3.8, 4) is 5.75 Å². The summed E-state index contributed by atoms with van der Waals surface area (Å²) in [7, 11) is 0. The molecule has 0 bridgehead atoms. The minimum absolute atomic E-state index is 0.265. The maximum absolute atomic E-state index is 5.83. The van der Waals surface area contributed by atoms with Gasteiger partial charge in [-0.05, 0) is 68.5 Å². The second kappa shape index (κ2) is 9.02. The first-order valence-electron chi connectivity index (χ1n) is 9.34. The third-order valence-corrected chi connectivity index (χ3v) is 4.95. The largest absolute Gasteiger partial charge is 0.491 e. The van der Waals surface area contributed by atoms with Crippen molar-refractivity contribution < 1.29 is 9.47 Å². The Balaban J connectivity index is 1.43. The summed E-state index contributed by atoms with van der Waals surface area (Å²) in [6.45, 7) is 6.89. The zero-order valence-electron chi connectivity index (χ0n) is 15.3. The highest BCUT2D eigenvalue weighted by molar-refractivity contribution is 5.29. The van der Waals surface area contributed by atoms with Gasteiger partial charge in [0.2, 0.25) is 0 Å². The lowest BCUT2D eigenvalue weighted by Gasteiger charge is -2.16. The molecular formula is C22H29NO2. The predicted octanol–water partition coefficient (Wildman–Crippen LogP) is 4.45. The van der Waals surface area contributed by atoms with E-state index < -0.39 is 0 Å². The number of nitrogens with one attached hydrogen (secondary N) is 1. The van der Waals surface area contributed by atoms with E-state index in [0.717, 1.165) is 38.2 Å². The van der Waals surface area contributed by atoms with Crippen LogP contribution in [0.1, 0.15) is 42.5 Å². The maximum Gasteiger partial charge on any atom is 0.119 e. The van der Waals surface area contributed by atoms with Gasteiger partial charge in [0.25, 0.3) is 0 Å². The van der Waals surface area contributed by atoms with Crippen molar-refractivity contribution in [2.75, 3.05) is 19.8 Å². The van der Waals surface area contributed by atoms with Crippen molar-refractivity contribution in [3.05, 3.63) is 65.2 Å². The first-order valence-corrected chi connectivity index (χ1v) is 9.34. The molecule has 1 heterocycles. The summed E-state index contributed by atoms with van der Waals surface area (Å²) in [5.41, 5.74) is 4.07. The zero-order chi connectivity index (χ0) is 17.5. The molecule has 3 rings (SSSR count). The number of rotatable bonds is 8. The van der Waals surface area contributed by atoms with Gasteiger partial charge >= 0.3 is 0 Å². The average molecular weight is 339 g/mol. The molecule has 2 aromatic carbocycles. The van der Waals surface area contributed by atoms with Gasteiger partial charge in [0.05, 0.1) is 6.10 Å². The van der Waals surface area contributed by atoms with Crippen LogP contribution in [0.3, 0.4) is 0 Å². The standard InChI is InChI=1S/C22H29NO2/c1-17-6-3-4-7-19(17)13-14-23-18(2)20-9-11-21(12-10-20)25-16-22-8-5-15-24-22/h3-4,6-7,9-12,18,22-23H,5,8,13-16H2,1-2H3. The highest BCUT2D eigenvalue weighted by Gasteiger charge is 2.16. The van der Waals surface area contributed by atoms with E-state index in [0.29, 0.717) is 12.6 Å². The molecule has 1 N–H and O–H groups in total. The molecule has 0 spiro atoms. The fraction of sp³-hybridized carbons (Fsp3) is 0.455. The van der Waals surface area contributed by atoms with Crippen molar-refractivity contribution in [2.24, 2.45) is 0 Å². The van der Waals surface area contributed by atoms with E-state index in [-0.39, 0.29) is 6.10 Å². The van der Waals surface area contributed by atoms with Crippen LogP contribution < -0.4 is 10.1 Å². The van der Waals surface area contributed by atoms with Crippen LogP contribution in [-0.2, 0) is 11.2 Å². The van der Waals surface area contributed by atoms with Gasteiger partial charge in [0, 0.05) is 12.6 Å². The number of benzene rings is 2. The van der Waals surface area contributed by atoms with Crippen LogP contribution in [-0.4, -0.2) is 25.9 Å². The molecule has 25 heavy (non-hydrogen) atoms. The fourth-order valence-electron chi connectivity index (χ4n) is 3.25. The minimum Gasteiger partial charge on any atom is -0.491 e. The Bertz CT molecular complexity index is 647. The van der Waals surface area contributed by atoms with Gasteiger partial charge in [-0.1, -0.05) is 36.4 Å². The lowest BCUT2D eigenvalue weighted by Crippen LogP contribution is -2.21. The number of aryl methyl sites for hydroxylation is 1. The maximum atomic E-state index is 5.83. The van der Waals surface area contributed by atoms with Crippen LogP contribution >= 0.6 is 0 Å². The number of hydrogen-bond donors (Lipinski definition) is 1. The Labute approximate surface area is 151 Å². The van der Waals surface area contributed by atoms with Gasteiger partial charge in [-0.2, -0.15) is 0 Å². The zero-order valence-corrected chi connectivity index (χ0v) is 15.3. The van der Waals surface area contributed by atoms with E-state index in [1.165, 1.54) is 16.7 Å². The summed E-state index contributed by atoms with van der Waals surface area (Å²) in [5, 5.41) is 3.61. The molecule has 0 aliphatic carbocycles. The third kappa shape index (κ3) is 5.32. The first kappa shape index (κ1) is 18.0. The van der Waals surface area contributed by atoms with Crippen molar-refractivity contribution in [2.45, 2.75) is 45.3 Å². The van der Waals surface area contributed by atoms with Gasteiger partial charge in [-0.15, -0.1) is 0 Å². The summed E-state index contributed by atoms with van der Waals surface area (Å²) >= 11 is 0. The molecule has 0 radical (unpaired) electrons. The SMILES string of the molecule is Cc1ccccc1CCNC(C)c1ccc(OCC2CCCO2)cc1. The molecule has 3 nitrogen and oxygen atoms in total. The Morgan fingerprint density at radius 1 is 1.16 bits per heavy atom. The van der Waals surface area contributed by atoms with Crippen LogP contribution in [0.25, 0.3) is 0 Å². The Hall–Kier alpha value is -1.84. The van der Waals surface area contributed by atoms with Gasteiger partial charge < -0.3 is 14.8 Å². The summed E-state index contributed by atoms with van der Waals surface area (Å²) in [6.07, 6.45) is 3.58. The molecule has 134 valence electrons. The van der Waals surface area contributed by atoms with E-state index in [4.69, 9.17) is 9.47 Å². The lowest BCUT2D eigenvalue weighted by molar-refractivity contribution is 0.0679. The van der Waals surface area contributed by atoms with Gasteiger partial charge in [0.15, 0.2) is 0 Å². The molecule has 0 saturated carbocycles. The summed E-state index contributed by atoms with van der Waals surface area (Å²) in [5.74, 6) is 0.923. The summed E-state index contributed by atoms with van der Waals surface area (Å²) < 4.78 is 11.4. The molecule has 1 fully saturated rings. The monoisotopic (exact) mass is 339 g/mol. The molecule has 0 aromatic heterocycles. The molecule has 2 aromatic rings. The molecule has 2 unspecified atom stereocenters. The normalized spacial score (nSPS) is 18.2. The van der Waals surface area contributed by atoms with Crippen LogP contribution in [0, 0.1) is 6.92 Å². The highest BCUT2D eigenvalue weighted by Crippen LogP contribution is 2.19. The fourth-order valence-corrected chi connectivity index (χ4v) is 3.25. The Morgan fingerprint density at radius 2 is 1.96 bits per heavy atom. The molecule has 3 heteroatoms. The summed E-state index contributed by atoms with van der Waals surface area (Å²) in [4.78, 5) is 0. The quantitative estimate of drug-likeness (QED) is 0.771. The lowest BCUT2D eigenvalue weighted by atomic mass is 10.0. The predicted molar refractivity (Wildman–Crippen MR) is 102 cm³/mol. The average Bonchev–Trinajstić information content (AvgIpc) is 3.15. The van der Waals surface area contributed by atoms with Crippen molar-refractivity contribution >= 4 is 0 Å². The topological polar surface area (TPSA) is 30.5 Å². The van der Waals surface area contributed by atoms with E-state index >= 15 is 0 Å². The van der Waals surface area contributed by atoms with Crippen LogP contribution in [0.5, 0.6) is 5.75 Å². The molecule has 2 atom stereocenters. The van der Waals surface area contributed by atoms with Crippen LogP contribution in [0.4, 0.5) is 0 Å². The second-order valence-electron chi connectivity index (χ2n) is 6.87. The van der Waals surface area contributed by atoms with E-state index in [1.807, 2.05) is 0 Å². The number of hydrogen-bond acceptors (Lipinski definition) is 3. The molecular weight excluding hydrogens is 310 g/mol. The highest BCUT2D eigenvalue weighted by atomic mass is 16.5. The van der Waals surface area contributed by atoms with Crippen LogP contribution in [0.2, 0.25) is 0 Å². The number of ether oxygens (including phenoxy) is 2. The molecule has 1 aliphatic rings. The van der Waals surface area contributed by atoms with E-state index in [2.05, 4.69) is 67.7 Å². The molecule has 1 saturated heterocycles. The van der Waals surface area contributed by atoms with E-state index in [1.54, 1.807) is 0 Å². The van der Waals surface area contributed by atoms with Crippen molar-refractivity contribution in [1.29, 1.82) is 0 Å². The minimum atomic E-state index is 0.265.